The molecule has 0 aliphatic rings. The maximum Gasteiger partial charge on any atom is 0.265 e. The maximum absolute atomic E-state index is 12.4. The standard InChI is InChI=1S/C7H7BrF2N2/c1-3-2-12-7(11)5(8)4(3)6(9)10/h2,6H,1H3,(H2,11,12). The van der Waals surface area contributed by atoms with Gasteiger partial charge in [-0.05, 0) is 28.4 Å². The number of hydrogen-bond acceptors (Lipinski definition) is 2. The minimum Gasteiger partial charge on any atom is -0.383 e. The summed E-state index contributed by atoms with van der Waals surface area (Å²) in [6.45, 7) is 1.57. The molecule has 5 heteroatoms. The summed E-state index contributed by atoms with van der Waals surface area (Å²) in [5, 5.41) is 0. The van der Waals surface area contributed by atoms with Gasteiger partial charge in [-0.1, -0.05) is 0 Å². The molecule has 0 atom stereocenters. The first-order chi connectivity index (χ1) is 5.54. The predicted octanol–water partition coefficient (Wildman–Crippen LogP) is 2.67. The lowest BCUT2D eigenvalue weighted by atomic mass is 10.1. The van der Waals surface area contributed by atoms with E-state index in [0.717, 1.165) is 0 Å². The lowest BCUT2D eigenvalue weighted by molar-refractivity contribution is 0.149. The highest BCUT2D eigenvalue weighted by molar-refractivity contribution is 9.10. The van der Waals surface area contributed by atoms with Gasteiger partial charge in [0.1, 0.15) is 5.82 Å². The molecule has 1 rings (SSSR count). The molecule has 0 amide bonds. The van der Waals surface area contributed by atoms with Gasteiger partial charge in [0.05, 0.1) is 4.47 Å². The predicted molar refractivity (Wildman–Crippen MR) is 46.0 cm³/mol. The molecule has 0 radical (unpaired) electrons. The topological polar surface area (TPSA) is 38.9 Å². The van der Waals surface area contributed by atoms with Gasteiger partial charge in [-0.2, -0.15) is 0 Å². The van der Waals surface area contributed by atoms with Crippen molar-refractivity contribution < 1.29 is 8.78 Å². The summed E-state index contributed by atoms with van der Waals surface area (Å²) in [7, 11) is 0. The molecule has 12 heavy (non-hydrogen) atoms. The van der Waals surface area contributed by atoms with Crippen LogP contribution in [0.3, 0.4) is 0 Å². The van der Waals surface area contributed by atoms with Gasteiger partial charge in [0.25, 0.3) is 6.43 Å². The van der Waals surface area contributed by atoms with Crippen LogP contribution in [-0.4, -0.2) is 4.98 Å². The van der Waals surface area contributed by atoms with Gasteiger partial charge in [-0.25, -0.2) is 13.8 Å². The number of nitrogen functional groups attached to an aromatic ring is 1. The fourth-order valence-corrected chi connectivity index (χ4v) is 1.46. The molecule has 0 bridgehead atoms. The number of hydrogen-bond donors (Lipinski definition) is 1. The Morgan fingerprint density at radius 2 is 2.17 bits per heavy atom. The highest BCUT2D eigenvalue weighted by atomic mass is 79.9. The molecule has 0 saturated carbocycles. The molecule has 0 saturated heterocycles. The van der Waals surface area contributed by atoms with E-state index in [1.165, 1.54) is 6.20 Å². The summed E-state index contributed by atoms with van der Waals surface area (Å²) in [5.41, 5.74) is 5.69. The molecule has 2 nitrogen and oxygen atoms in total. The summed E-state index contributed by atoms with van der Waals surface area (Å²) in [4.78, 5) is 3.72. The number of rotatable bonds is 1. The van der Waals surface area contributed by atoms with Crippen molar-refractivity contribution in [3.63, 3.8) is 0 Å². The smallest absolute Gasteiger partial charge is 0.265 e. The van der Waals surface area contributed by atoms with E-state index in [-0.39, 0.29) is 15.9 Å². The average molecular weight is 237 g/mol. The summed E-state index contributed by atoms with van der Waals surface area (Å²) in [6, 6.07) is 0. The van der Waals surface area contributed by atoms with Crippen LogP contribution in [0.4, 0.5) is 14.6 Å². The molecule has 0 spiro atoms. The average Bonchev–Trinajstić information content (AvgIpc) is 1.97. The highest BCUT2D eigenvalue weighted by Crippen LogP contribution is 2.32. The van der Waals surface area contributed by atoms with Crippen LogP contribution in [-0.2, 0) is 0 Å². The zero-order valence-corrected chi connectivity index (χ0v) is 7.90. The van der Waals surface area contributed by atoms with E-state index in [2.05, 4.69) is 20.9 Å². The minimum atomic E-state index is -2.52. The third-order valence-electron chi connectivity index (χ3n) is 1.50. The molecule has 66 valence electrons. The van der Waals surface area contributed by atoms with E-state index in [1.54, 1.807) is 6.92 Å². The molecule has 0 aliphatic carbocycles. The Kier molecular flexibility index (Phi) is 2.62. The Labute approximate surface area is 76.9 Å². The number of nitrogens with two attached hydrogens (primary N) is 1. The number of pyridine rings is 1. The minimum absolute atomic E-state index is 0.0810. The summed E-state index contributed by atoms with van der Waals surface area (Å²) >= 11 is 2.96. The Balaban J connectivity index is 3.33. The van der Waals surface area contributed by atoms with Crippen LogP contribution in [0.2, 0.25) is 0 Å². The van der Waals surface area contributed by atoms with Crippen molar-refractivity contribution in [2.24, 2.45) is 0 Å². The SMILES string of the molecule is Cc1cnc(N)c(Br)c1C(F)F. The number of alkyl halides is 2. The molecule has 0 unspecified atom stereocenters. The van der Waals surface area contributed by atoms with Crippen LogP contribution in [0.15, 0.2) is 10.7 Å². The van der Waals surface area contributed by atoms with Crippen molar-refractivity contribution in [1.29, 1.82) is 0 Å². The van der Waals surface area contributed by atoms with Gasteiger partial charge in [0.2, 0.25) is 0 Å². The van der Waals surface area contributed by atoms with Crippen LogP contribution < -0.4 is 5.73 Å². The van der Waals surface area contributed by atoms with E-state index in [9.17, 15) is 8.78 Å². The summed E-state index contributed by atoms with van der Waals surface area (Å²) in [5.74, 6) is 0.0934. The first kappa shape index (κ1) is 9.38. The largest absolute Gasteiger partial charge is 0.383 e. The number of aryl methyl sites for hydroxylation is 1. The second-order valence-electron chi connectivity index (χ2n) is 2.35. The monoisotopic (exact) mass is 236 g/mol. The lowest BCUT2D eigenvalue weighted by Crippen LogP contribution is -1.99. The van der Waals surface area contributed by atoms with Crippen molar-refractivity contribution in [2.75, 3.05) is 5.73 Å². The van der Waals surface area contributed by atoms with E-state index in [1.807, 2.05) is 0 Å². The van der Waals surface area contributed by atoms with Gasteiger partial charge in [-0.15, -0.1) is 0 Å². The first-order valence-electron chi connectivity index (χ1n) is 3.22. The first-order valence-corrected chi connectivity index (χ1v) is 4.02. The molecule has 1 heterocycles. The van der Waals surface area contributed by atoms with Crippen molar-refractivity contribution in [2.45, 2.75) is 13.3 Å². The van der Waals surface area contributed by atoms with Crippen LogP contribution in [0.25, 0.3) is 0 Å². The Morgan fingerprint density at radius 3 is 2.58 bits per heavy atom. The van der Waals surface area contributed by atoms with Crippen LogP contribution >= 0.6 is 15.9 Å². The zero-order valence-electron chi connectivity index (χ0n) is 6.31. The maximum atomic E-state index is 12.4. The van der Waals surface area contributed by atoms with Crippen molar-refractivity contribution >= 4 is 21.7 Å². The quantitative estimate of drug-likeness (QED) is 0.815. The van der Waals surface area contributed by atoms with Crippen LogP contribution in [0.1, 0.15) is 17.6 Å². The third-order valence-corrected chi connectivity index (χ3v) is 2.34. The number of halogens is 3. The van der Waals surface area contributed by atoms with Crippen molar-refractivity contribution in [3.8, 4) is 0 Å². The normalized spacial score (nSPS) is 10.8. The highest BCUT2D eigenvalue weighted by Gasteiger charge is 2.16. The van der Waals surface area contributed by atoms with Crippen molar-refractivity contribution in [1.82, 2.24) is 4.98 Å². The molecule has 0 fully saturated rings. The van der Waals surface area contributed by atoms with E-state index >= 15 is 0 Å². The number of nitrogens with zero attached hydrogens (tertiary/aromatic N) is 1. The fraction of sp³-hybridized carbons (Fsp3) is 0.286. The molecule has 0 aliphatic heterocycles. The fourth-order valence-electron chi connectivity index (χ4n) is 0.872. The second kappa shape index (κ2) is 3.35. The van der Waals surface area contributed by atoms with Gasteiger partial charge < -0.3 is 5.73 Å². The van der Waals surface area contributed by atoms with Crippen LogP contribution in [0.5, 0.6) is 0 Å². The second-order valence-corrected chi connectivity index (χ2v) is 3.15. The Morgan fingerprint density at radius 1 is 1.58 bits per heavy atom. The molecular formula is C7H7BrF2N2. The zero-order chi connectivity index (χ0) is 9.30. The lowest BCUT2D eigenvalue weighted by Gasteiger charge is -2.07. The van der Waals surface area contributed by atoms with E-state index in [0.29, 0.717) is 5.56 Å². The van der Waals surface area contributed by atoms with Crippen molar-refractivity contribution in [3.05, 3.63) is 21.8 Å². The molecule has 0 aromatic carbocycles. The summed E-state index contributed by atoms with van der Waals surface area (Å²) in [6.07, 6.45) is -1.19. The molecule has 1 aromatic heterocycles. The Bertz CT molecular complexity index is 302. The van der Waals surface area contributed by atoms with Gasteiger partial charge in [-0.3, -0.25) is 0 Å². The van der Waals surface area contributed by atoms with E-state index < -0.39 is 6.43 Å². The van der Waals surface area contributed by atoms with Gasteiger partial charge >= 0.3 is 0 Å². The van der Waals surface area contributed by atoms with Gasteiger partial charge in [0, 0.05) is 11.8 Å². The molecule has 1 aromatic rings. The molecule has 2 N–H and O–H groups in total. The van der Waals surface area contributed by atoms with E-state index in [4.69, 9.17) is 5.73 Å². The summed E-state index contributed by atoms with van der Waals surface area (Å²) < 4.78 is 24.9. The van der Waals surface area contributed by atoms with Crippen LogP contribution in [0, 0.1) is 6.92 Å². The number of anilines is 1. The third kappa shape index (κ3) is 1.55. The number of aromatic nitrogens is 1. The Hall–Kier alpha value is -0.710. The van der Waals surface area contributed by atoms with Gasteiger partial charge in [0.15, 0.2) is 0 Å². The molecular weight excluding hydrogens is 230 g/mol.